The maximum absolute atomic E-state index is 12.7. The topological polar surface area (TPSA) is 163 Å². The van der Waals surface area contributed by atoms with Crippen LogP contribution in [0.25, 0.3) is 0 Å². The van der Waals surface area contributed by atoms with Gasteiger partial charge >= 0.3 is 0 Å². The van der Waals surface area contributed by atoms with Crippen molar-refractivity contribution in [3.63, 3.8) is 0 Å². The van der Waals surface area contributed by atoms with E-state index in [4.69, 9.17) is 49.0 Å². The van der Waals surface area contributed by atoms with Crippen LogP contribution in [-0.2, 0) is 20.0 Å². The van der Waals surface area contributed by atoms with Crippen LogP contribution in [-0.4, -0.2) is 39.7 Å². The van der Waals surface area contributed by atoms with E-state index < -0.39 is 20.0 Å². The van der Waals surface area contributed by atoms with Crippen LogP contribution in [0.1, 0.15) is 28.4 Å². The monoisotopic (exact) mass is 854 g/mol. The van der Waals surface area contributed by atoms with Crippen molar-refractivity contribution >= 4 is 72.0 Å². The van der Waals surface area contributed by atoms with Crippen molar-refractivity contribution in [1.29, 1.82) is 0 Å². The number of hydrogen-bond acceptors (Lipinski definition) is 10. The van der Waals surface area contributed by atoms with E-state index in [9.17, 15) is 21.6 Å². The zero-order valence-electron chi connectivity index (χ0n) is 30.1. The molecule has 0 radical (unpaired) electrons. The molecule has 0 amide bonds. The molecule has 4 aromatic carbocycles. The third-order valence-electron chi connectivity index (χ3n) is 7.60. The van der Waals surface area contributed by atoms with E-state index in [-0.39, 0.29) is 31.9 Å². The second-order valence-corrected chi connectivity index (χ2v) is 16.6. The molecule has 2 heterocycles. The number of halogens is 3. The van der Waals surface area contributed by atoms with Crippen LogP contribution in [0.3, 0.4) is 0 Å². The summed E-state index contributed by atoms with van der Waals surface area (Å²) in [6.07, 6.45) is 5.93. The molecule has 17 heteroatoms. The second kappa shape index (κ2) is 18.0. The molecule has 0 aliphatic heterocycles. The summed E-state index contributed by atoms with van der Waals surface area (Å²) >= 11 is 17.9. The van der Waals surface area contributed by atoms with E-state index in [1.165, 1.54) is 63.0 Å². The van der Waals surface area contributed by atoms with Crippen molar-refractivity contribution in [3.8, 4) is 28.7 Å². The molecule has 0 saturated carbocycles. The number of ketones is 1. The molecule has 0 unspecified atom stereocenters. The van der Waals surface area contributed by atoms with Gasteiger partial charge in [-0.25, -0.2) is 16.8 Å². The fourth-order valence-electron chi connectivity index (χ4n) is 4.93. The van der Waals surface area contributed by atoms with E-state index in [1.54, 1.807) is 66.9 Å². The molecule has 290 valence electrons. The van der Waals surface area contributed by atoms with E-state index in [1.807, 2.05) is 13.8 Å². The summed E-state index contributed by atoms with van der Waals surface area (Å²) in [6.45, 7) is 4.98. The second-order valence-electron chi connectivity index (χ2n) is 11.9. The van der Waals surface area contributed by atoms with Crippen LogP contribution in [0.5, 0.6) is 28.7 Å². The number of rotatable bonds is 12. The number of hydrogen-bond donors (Lipinski definition) is 2. The molecule has 0 fully saturated rings. The molecule has 56 heavy (non-hydrogen) atoms. The molecule has 6 aromatic rings. The predicted octanol–water partition coefficient (Wildman–Crippen LogP) is 10.1. The van der Waals surface area contributed by atoms with E-state index in [2.05, 4.69) is 19.4 Å². The van der Waals surface area contributed by atoms with Gasteiger partial charge in [-0.1, -0.05) is 40.9 Å². The minimum Gasteiger partial charge on any atom is -0.497 e. The number of benzene rings is 4. The Kier molecular flexibility index (Phi) is 13.5. The predicted molar refractivity (Wildman–Crippen MR) is 217 cm³/mol. The van der Waals surface area contributed by atoms with Gasteiger partial charge in [-0.05, 0) is 105 Å². The zero-order chi connectivity index (χ0) is 40.6. The van der Waals surface area contributed by atoms with Crippen LogP contribution < -0.4 is 23.7 Å². The summed E-state index contributed by atoms with van der Waals surface area (Å²) in [5, 5.41) is 1.01. The largest absolute Gasteiger partial charge is 0.497 e. The molecular weight excluding hydrogens is 823 g/mol. The Morgan fingerprint density at radius 3 is 1.75 bits per heavy atom. The number of nitrogens with one attached hydrogen (secondary N) is 2. The normalized spacial score (nSPS) is 11.1. The van der Waals surface area contributed by atoms with Gasteiger partial charge in [0, 0.05) is 35.9 Å². The maximum atomic E-state index is 12.7. The van der Waals surface area contributed by atoms with Crippen LogP contribution in [0.2, 0.25) is 15.1 Å². The van der Waals surface area contributed by atoms with Gasteiger partial charge in [0.15, 0.2) is 5.78 Å². The van der Waals surface area contributed by atoms with Crippen molar-refractivity contribution in [1.82, 2.24) is 9.97 Å². The third-order valence-corrected chi connectivity index (χ3v) is 11.3. The van der Waals surface area contributed by atoms with E-state index in [0.717, 1.165) is 11.1 Å². The maximum Gasteiger partial charge on any atom is 0.263 e. The Hall–Kier alpha value is -5.38. The van der Waals surface area contributed by atoms with Crippen molar-refractivity contribution in [2.75, 3.05) is 16.6 Å². The molecular formula is C39H33Cl3N4O8S2. The highest BCUT2D eigenvalue weighted by Crippen LogP contribution is 2.32. The van der Waals surface area contributed by atoms with Gasteiger partial charge in [0.1, 0.15) is 33.6 Å². The van der Waals surface area contributed by atoms with Crippen LogP contribution >= 0.6 is 34.8 Å². The molecule has 0 aliphatic carbocycles. The Labute approximate surface area is 339 Å². The number of aryl methyl sites for hydroxylation is 2. The van der Waals surface area contributed by atoms with Gasteiger partial charge in [0.05, 0.1) is 45.0 Å². The van der Waals surface area contributed by atoms with Crippen molar-refractivity contribution < 1.29 is 35.8 Å². The molecule has 0 spiro atoms. The first-order chi connectivity index (χ1) is 26.5. The fourth-order valence-corrected chi connectivity index (χ4v) is 7.99. The van der Waals surface area contributed by atoms with Crippen LogP contribution in [0.4, 0.5) is 11.4 Å². The number of ether oxygens (including phenoxy) is 3. The highest BCUT2D eigenvalue weighted by molar-refractivity contribution is 7.93. The lowest BCUT2D eigenvalue weighted by atomic mass is 10.1. The first-order valence-electron chi connectivity index (χ1n) is 16.3. The standard InChI is InChI=1S/C20H17ClN2O5S.C19H16Cl2N2O3S/c1-13(24)19-10-18(7-8-20(19)28-17-9-14(21)11-22-12-17)29(25,26)23-15-3-5-16(27-2)6-4-15;1-12-3-6-19(17(21)7-12)27(24,25)23-15-4-5-18(13(2)8-15)26-16-9-14(20)10-22-11-16/h3-12,23H,1-2H3;3-11,23H,1-2H3. The summed E-state index contributed by atoms with van der Waals surface area (Å²) in [4.78, 5) is 19.9. The van der Waals surface area contributed by atoms with E-state index in [0.29, 0.717) is 44.4 Å². The molecule has 0 atom stereocenters. The molecule has 6 rings (SSSR count). The van der Waals surface area contributed by atoms with Gasteiger partial charge in [0.2, 0.25) is 0 Å². The van der Waals surface area contributed by atoms with Crippen molar-refractivity contribution in [3.05, 3.63) is 148 Å². The lowest BCUT2D eigenvalue weighted by Crippen LogP contribution is -2.14. The Morgan fingerprint density at radius 1 is 0.625 bits per heavy atom. The third kappa shape index (κ3) is 11.1. The average molecular weight is 856 g/mol. The minimum absolute atomic E-state index is 0.0257. The van der Waals surface area contributed by atoms with Crippen molar-refractivity contribution in [2.45, 2.75) is 30.6 Å². The first-order valence-corrected chi connectivity index (χ1v) is 20.4. The minimum atomic E-state index is -3.92. The molecule has 12 nitrogen and oxygen atoms in total. The lowest BCUT2D eigenvalue weighted by Gasteiger charge is -2.13. The Balaban J connectivity index is 0.000000215. The Morgan fingerprint density at radius 2 is 1.20 bits per heavy atom. The highest BCUT2D eigenvalue weighted by Gasteiger charge is 2.20. The summed E-state index contributed by atoms with van der Waals surface area (Å²) < 4.78 is 72.1. The molecule has 2 aromatic heterocycles. The quantitative estimate of drug-likeness (QED) is 0.113. The van der Waals surface area contributed by atoms with Gasteiger partial charge < -0.3 is 14.2 Å². The number of nitrogens with zero attached hydrogens (tertiary/aromatic N) is 2. The molecule has 0 aliphatic rings. The first kappa shape index (κ1) is 41.8. The number of Topliss-reactive ketones (excluding diaryl/α,β-unsaturated/α-hetero) is 1. The van der Waals surface area contributed by atoms with Crippen LogP contribution in [0, 0.1) is 13.8 Å². The summed E-state index contributed by atoms with van der Waals surface area (Å²) in [5.41, 5.74) is 2.50. The lowest BCUT2D eigenvalue weighted by molar-refractivity contribution is 0.101. The SMILES string of the molecule is COc1ccc(NS(=O)(=O)c2ccc(Oc3cncc(Cl)c3)c(C(C)=O)c2)cc1.Cc1ccc(S(=O)(=O)Nc2ccc(Oc3cncc(Cl)c3)c(C)c2)c(Cl)c1. The van der Waals surface area contributed by atoms with Gasteiger partial charge in [0.25, 0.3) is 20.0 Å². The number of pyridine rings is 2. The van der Waals surface area contributed by atoms with Gasteiger partial charge in [-0.2, -0.15) is 0 Å². The molecule has 2 N–H and O–H groups in total. The summed E-state index contributed by atoms with van der Waals surface area (Å²) in [7, 11) is -6.20. The fraction of sp³-hybridized carbons (Fsp3) is 0.103. The van der Waals surface area contributed by atoms with Gasteiger partial charge in [-0.15, -0.1) is 0 Å². The van der Waals surface area contributed by atoms with Crippen molar-refractivity contribution in [2.24, 2.45) is 0 Å². The number of carbonyl (C=O) groups excluding carboxylic acids is 1. The molecule has 0 bridgehead atoms. The van der Waals surface area contributed by atoms with Crippen LogP contribution in [0.15, 0.2) is 126 Å². The average Bonchev–Trinajstić information content (AvgIpc) is 3.13. The Bertz CT molecular complexity index is 2610. The number of methoxy groups -OCH3 is 1. The molecule has 0 saturated heterocycles. The highest BCUT2D eigenvalue weighted by atomic mass is 35.5. The van der Waals surface area contributed by atoms with E-state index >= 15 is 0 Å². The number of aromatic nitrogens is 2. The van der Waals surface area contributed by atoms with Gasteiger partial charge in [-0.3, -0.25) is 24.2 Å². The summed E-state index contributed by atoms with van der Waals surface area (Å²) in [6, 6.07) is 23.4. The summed E-state index contributed by atoms with van der Waals surface area (Å²) in [5.74, 6) is 1.83. The zero-order valence-corrected chi connectivity index (χ0v) is 34.0. The smallest absolute Gasteiger partial charge is 0.263 e. The number of anilines is 2. The number of carbonyl (C=O) groups is 1. The number of sulfonamides is 2.